The molecule has 1 aromatic rings. The van der Waals surface area contributed by atoms with E-state index in [4.69, 9.17) is 10.4 Å². The molecule has 0 saturated heterocycles. The van der Waals surface area contributed by atoms with E-state index in [-0.39, 0.29) is 5.56 Å². The topological polar surface area (TPSA) is 78.9 Å². The molecule has 74 valence electrons. The quantitative estimate of drug-likeness (QED) is 0.771. The van der Waals surface area contributed by atoms with Gasteiger partial charge < -0.3 is 5.11 Å². The number of hydrogen-bond acceptors (Lipinski definition) is 3. The van der Waals surface area contributed by atoms with Crippen LogP contribution in [0.3, 0.4) is 0 Å². The smallest absolute Gasteiger partial charge is 0.376 e. The summed E-state index contributed by atoms with van der Waals surface area (Å²) in [6, 6.07) is 1.69. The van der Waals surface area contributed by atoms with Gasteiger partial charge in [0.2, 0.25) is 0 Å². The van der Waals surface area contributed by atoms with Gasteiger partial charge in [-0.3, -0.25) is 4.68 Å². The van der Waals surface area contributed by atoms with Crippen molar-refractivity contribution in [1.82, 2.24) is 9.78 Å². The van der Waals surface area contributed by atoms with Crippen molar-refractivity contribution in [1.29, 1.82) is 5.26 Å². The second-order valence-corrected chi connectivity index (χ2v) is 2.55. The third kappa shape index (κ3) is 2.04. The van der Waals surface area contributed by atoms with Crippen LogP contribution in [0.4, 0.5) is 8.78 Å². The molecule has 0 saturated carbocycles. The standard InChI is InChI=1S/C7H5F2N3O2/c8-7(9,6(13)14)4-12-3-5(1-10)2-11-12/h2-3H,4H2,(H,13,14). The molecule has 1 aromatic heterocycles. The van der Waals surface area contributed by atoms with E-state index in [1.54, 1.807) is 6.07 Å². The molecule has 0 atom stereocenters. The van der Waals surface area contributed by atoms with E-state index in [1.807, 2.05) is 0 Å². The minimum Gasteiger partial charge on any atom is -0.477 e. The molecule has 7 heteroatoms. The van der Waals surface area contributed by atoms with Gasteiger partial charge in [-0.2, -0.15) is 19.1 Å². The van der Waals surface area contributed by atoms with Crippen molar-refractivity contribution in [3.05, 3.63) is 18.0 Å². The van der Waals surface area contributed by atoms with Crippen LogP contribution in [0.15, 0.2) is 12.4 Å². The summed E-state index contributed by atoms with van der Waals surface area (Å²) in [7, 11) is 0. The van der Waals surface area contributed by atoms with Crippen LogP contribution >= 0.6 is 0 Å². The third-order valence-electron chi connectivity index (χ3n) is 1.44. The van der Waals surface area contributed by atoms with Gasteiger partial charge in [-0.1, -0.05) is 0 Å². The summed E-state index contributed by atoms with van der Waals surface area (Å²) in [6.07, 6.45) is 2.13. The molecule has 1 rings (SSSR count). The summed E-state index contributed by atoms with van der Waals surface area (Å²) < 4.78 is 25.9. The highest BCUT2D eigenvalue weighted by Gasteiger charge is 2.39. The van der Waals surface area contributed by atoms with Gasteiger partial charge in [0, 0.05) is 6.20 Å². The fraction of sp³-hybridized carbons (Fsp3) is 0.286. The van der Waals surface area contributed by atoms with E-state index in [1.165, 1.54) is 0 Å². The van der Waals surface area contributed by atoms with Crippen molar-refractivity contribution in [2.75, 3.05) is 0 Å². The van der Waals surface area contributed by atoms with Crippen LogP contribution in [0.25, 0.3) is 0 Å². The summed E-state index contributed by atoms with van der Waals surface area (Å²) in [4.78, 5) is 10.0. The van der Waals surface area contributed by atoms with E-state index in [2.05, 4.69) is 5.10 Å². The van der Waals surface area contributed by atoms with Crippen LogP contribution in [0.5, 0.6) is 0 Å². The minimum atomic E-state index is -3.88. The van der Waals surface area contributed by atoms with Gasteiger partial charge in [0.15, 0.2) is 0 Å². The number of hydrogen-bond donors (Lipinski definition) is 1. The first-order valence-electron chi connectivity index (χ1n) is 3.49. The fourth-order valence-electron chi connectivity index (χ4n) is 0.779. The van der Waals surface area contributed by atoms with Crippen molar-refractivity contribution in [3.8, 4) is 6.07 Å². The molecule has 0 radical (unpaired) electrons. The molecule has 14 heavy (non-hydrogen) atoms. The SMILES string of the molecule is N#Cc1cnn(CC(F)(F)C(=O)O)c1. The van der Waals surface area contributed by atoms with Gasteiger partial charge in [-0.25, -0.2) is 4.79 Å². The van der Waals surface area contributed by atoms with Crippen molar-refractivity contribution >= 4 is 5.97 Å². The Labute approximate surface area is 77.2 Å². The molecule has 0 amide bonds. The fourth-order valence-corrected chi connectivity index (χ4v) is 0.779. The molecule has 0 bridgehead atoms. The summed E-state index contributed by atoms with van der Waals surface area (Å²) in [5.74, 6) is -6.09. The number of halogens is 2. The first kappa shape index (κ1) is 10.1. The van der Waals surface area contributed by atoms with Crippen LogP contribution < -0.4 is 0 Å². The largest absolute Gasteiger partial charge is 0.477 e. The van der Waals surface area contributed by atoms with Gasteiger partial charge >= 0.3 is 11.9 Å². The zero-order valence-corrected chi connectivity index (χ0v) is 6.81. The molecule has 5 nitrogen and oxygen atoms in total. The molecule has 1 heterocycles. The minimum absolute atomic E-state index is 0.103. The maximum absolute atomic E-state index is 12.6. The Bertz CT molecular complexity index is 394. The molecule has 1 N–H and O–H groups in total. The Kier molecular flexibility index (Phi) is 2.47. The second-order valence-electron chi connectivity index (χ2n) is 2.55. The van der Waals surface area contributed by atoms with Crippen LogP contribution in [0.2, 0.25) is 0 Å². The summed E-state index contributed by atoms with van der Waals surface area (Å²) in [5.41, 5.74) is 0.103. The molecule has 0 spiro atoms. The Morgan fingerprint density at radius 3 is 2.86 bits per heavy atom. The number of alkyl halides is 2. The molecule has 0 aliphatic rings. The molecule has 0 unspecified atom stereocenters. The Morgan fingerprint density at radius 1 is 1.79 bits per heavy atom. The second kappa shape index (κ2) is 3.41. The van der Waals surface area contributed by atoms with Gasteiger partial charge in [0.25, 0.3) is 0 Å². The molecule has 0 aliphatic carbocycles. The van der Waals surface area contributed by atoms with Gasteiger partial charge in [0.1, 0.15) is 12.6 Å². The first-order valence-corrected chi connectivity index (χ1v) is 3.49. The Balaban J connectivity index is 2.79. The predicted octanol–water partition coefficient (Wildman–Crippen LogP) is 0.475. The molecule has 0 aliphatic heterocycles. The van der Waals surface area contributed by atoms with Crippen molar-refractivity contribution in [2.24, 2.45) is 0 Å². The zero-order valence-electron chi connectivity index (χ0n) is 6.81. The number of nitrogens with zero attached hydrogens (tertiary/aromatic N) is 3. The van der Waals surface area contributed by atoms with E-state index in [9.17, 15) is 13.6 Å². The highest BCUT2D eigenvalue weighted by molar-refractivity contribution is 5.75. The number of nitriles is 1. The van der Waals surface area contributed by atoms with E-state index in [0.29, 0.717) is 4.68 Å². The monoisotopic (exact) mass is 201 g/mol. The molecule has 0 aromatic carbocycles. The lowest BCUT2D eigenvalue weighted by atomic mass is 10.3. The normalized spacial score (nSPS) is 10.9. The summed E-state index contributed by atoms with van der Waals surface area (Å²) in [5, 5.41) is 19.9. The average Bonchev–Trinajstić information content (AvgIpc) is 2.51. The van der Waals surface area contributed by atoms with Crippen LogP contribution in [-0.2, 0) is 11.3 Å². The number of aromatic nitrogens is 2. The van der Waals surface area contributed by atoms with Crippen molar-refractivity contribution < 1.29 is 18.7 Å². The molecular formula is C7H5F2N3O2. The van der Waals surface area contributed by atoms with Gasteiger partial charge in [0.05, 0.1) is 11.8 Å². The number of carboxylic acids is 1. The zero-order chi connectivity index (χ0) is 10.8. The lowest BCUT2D eigenvalue weighted by Gasteiger charge is -2.09. The van der Waals surface area contributed by atoms with Gasteiger partial charge in [-0.15, -0.1) is 0 Å². The number of aliphatic carboxylic acids is 1. The highest BCUT2D eigenvalue weighted by atomic mass is 19.3. The van der Waals surface area contributed by atoms with Crippen molar-refractivity contribution in [2.45, 2.75) is 12.5 Å². The van der Waals surface area contributed by atoms with Crippen molar-refractivity contribution in [3.63, 3.8) is 0 Å². The van der Waals surface area contributed by atoms with Crippen LogP contribution in [-0.4, -0.2) is 26.8 Å². The van der Waals surface area contributed by atoms with E-state index >= 15 is 0 Å². The molecule has 0 fully saturated rings. The Hall–Kier alpha value is -1.97. The summed E-state index contributed by atoms with van der Waals surface area (Å²) >= 11 is 0. The lowest BCUT2D eigenvalue weighted by Crippen LogP contribution is -2.33. The number of carbonyl (C=O) groups is 1. The lowest BCUT2D eigenvalue weighted by molar-refractivity contribution is -0.167. The van der Waals surface area contributed by atoms with Crippen LogP contribution in [0, 0.1) is 11.3 Å². The highest BCUT2D eigenvalue weighted by Crippen LogP contribution is 2.16. The summed E-state index contributed by atoms with van der Waals surface area (Å²) in [6.45, 7) is -1.08. The molecular weight excluding hydrogens is 196 g/mol. The van der Waals surface area contributed by atoms with E-state index < -0.39 is 18.4 Å². The maximum atomic E-state index is 12.6. The average molecular weight is 201 g/mol. The maximum Gasteiger partial charge on any atom is 0.376 e. The third-order valence-corrected chi connectivity index (χ3v) is 1.44. The van der Waals surface area contributed by atoms with E-state index in [0.717, 1.165) is 12.4 Å². The van der Waals surface area contributed by atoms with Gasteiger partial charge in [-0.05, 0) is 0 Å². The number of carboxylic acid groups (broad SMARTS) is 1. The van der Waals surface area contributed by atoms with Crippen LogP contribution in [0.1, 0.15) is 5.56 Å². The number of rotatable bonds is 3. The predicted molar refractivity (Wildman–Crippen MR) is 39.5 cm³/mol. The Morgan fingerprint density at radius 2 is 2.43 bits per heavy atom. The first-order chi connectivity index (χ1) is 6.45.